The van der Waals surface area contributed by atoms with Crippen molar-refractivity contribution in [2.45, 2.75) is 5.41 Å². The summed E-state index contributed by atoms with van der Waals surface area (Å²) in [7, 11) is 0. The van der Waals surface area contributed by atoms with Crippen molar-refractivity contribution in [2.24, 2.45) is 0 Å². The predicted octanol–water partition coefficient (Wildman–Crippen LogP) is 18.8. The molecule has 0 amide bonds. The number of thiophene rings is 1. The van der Waals surface area contributed by atoms with Crippen molar-refractivity contribution in [3.05, 3.63) is 283 Å². The fraction of sp³-hybridized carbons (Fsp3) is 0.0149. The maximum atomic E-state index is 6.24. The molecule has 1 aliphatic carbocycles. The number of fused-ring (bicyclic) bond motifs is 9. The summed E-state index contributed by atoms with van der Waals surface area (Å²) in [6.07, 6.45) is 0. The second-order valence-electron chi connectivity index (χ2n) is 18.4. The minimum Gasteiger partial charge on any atom is -0.456 e. The van der Waals surface area contributed by atoms with Crippen LogP contribution in [0.15, 0.2) is 265 Å². The zero-order valence-electron chi connectivity index (χ0n) is 38.1. The molecule has 0 saturated carbocycles. The molecule has 0 saturated heterocycles. The summed E-state index contributed by atoms with van der Waals surface area (Å²) < 4.78 is 8.89. The molecule has 13 aromatic rings. The van der Waals surface area contributed by atoms with Crippen molar-refractivity contribution in [2.75, 3.05) is 4.90 Å². The molecule has 0 aliphatic heterocycles. The van der Waals surface area contributed by atoms with Gasteiger partial charge in [-0.15, -0.1) is 11.3 Å². The molecule has 0 unspecified atom stereocenters. The standard InChI is InChI=1S/C67H43NOS/c1-3-19-49(20-4-1)67(50-21-5-2-6-22-50)61-29-10-7-24-55(61)59-43-53(37-38-62(59)67)68(52-23-14-17-46(41-52)47-34-39-64-60(42-47)56-25-8-11-30-63(56)69-64)51-35-32-44(33-36-51)45-16-13-18-48(40-45)54-27-15-28-58-57-26-9-12-31-65(57)70-66(54)58/h1-43H. The topological polar surface area (TPSA) is 16.4 Å². The van der Waals surface area contributed by atoms with Crippen LogP contribution in [0.5, 0.6) is 0 Å². The van der Waals surface area contributed by atoms with Gasteiger partial charge in [0.15, 0.2) is 0 Å². The Morgan fingerprint density at radius 1 is 0.314 bits per heavy atom. The van der Waals surface area contributed by atoms with Crippen LogP contribution in [0.2, 0.25) is 0 Å². The van der Waals surface area contributed by atoms with Gasteiger partial charge in [0.1, 0.15) is 11.2 Å². The summed E-state index contributed by atoms with van der Waals surface area (Å²) in [4.78, 5) is 2.42. The average Bonchev–Trinajstić information content (AvgIpc) is 4.10. The maximum Gasteiger partial charge on any atom is 0.135 e. The number of hydrogen-bond acceptors (Lipinski definition) is 3. The second-order valence-corrected chi connectivity index (χ2v) is 19.4. The van der Waals surface area contributed by atoms with Crippen LogP contribution in [0.1, 0.15) is 22.3 Å². The van der Waals surface area contributed by atoms with Crippen molar-refractivity contribution < 1.29 is 4.42 Å². The molecule has 0 spiro atoms. The highest BCUT2D eigenvalue weighted by atomic mass is 32.1. The molecule has 2 nitrogen and oxygen atoms in total. The van der Waals surface area contributed by atoms with Gasteiger partial charge in [0, 0.05) is 48.0 Å². The Hall–Kier alpha value is -8.76. The normalized spacial score (nSPS) is 12.7. The zero-order valence-corrected chi connectivity index (χ0v) is 38.9. The number of rotatable bonds is 8. The minimum atomic E-state index is -0.480. The van der Waals surface area contributed by atoms with Gasteiger partial charge in [-0.2, -0.15) is 0 Å². The molecule has 11 aromatic carbocycles. The van der Waals surface area contributed by atoms with Crippen LogP contribution in [-0.2, 0) is 5.41 Å². The van der Waals surface area contributed by atoms with Gasteiger partial charge in [0.05, 0.1) is 5.41 Å². The van der Waals surface area contributed by atoms with E-state index in [9.17, 15) is 0 Å². The van der Waals surface area contributed by atoms with E-state index in [4.69, 9.17) is 4.42 Å². The summed E-state index contributed by atoms with van der Waals surface area (Å²) in [5, 5.41) is 4.88. The smallest absolute Gasteiger partial charge is 0.135 e. The highest BCUT2D eigenvalue weighted by Gasteiger charge is 2.46. The molecule has 2 heterocycles. The summed E-state index contributed by atoms with van der Waals surface area (Å²) >= 11 is 1.88. The SMILES string of the molecule is c1ccc(C2(c3ccccc3)c3ccccc3-c3cc(N(c4ccc(-c5cccc(-c6cccc7c6sc6ccccc67)c5)cc4)c4cccc(-c5ccc6oc7ccccc7c6c5)c4)ccc32)cc1. The van der Waals surface area contributed by atoms with E-state index in [0.29, 0.717) is 0 Å². The third-order valence-corrected chi connectivity index (χ3v) is 15.8. The van der Waals surface area contributed by atoms with E-state index in [1.165, 1.54) is 75.8 Å². The summed E-state index contributed by atoms with van der Waals surface area (Å²) in [5.74, 6) is 0. The molecule has 0 bridgehead atoms. The average molecular weight is 910 g/mol. The lowest BCUT2D eigenvalue weighted by molar-refractivity contribution is 0.669. The Morgan fingerprint density at radius 3 is 1.71 bits per heavy atom. The van der Waals surface area contributed by atoms with Gasteiger partial charge < -0.3 is 9.32 Å². The highest BCUT2D eigenvalue weighted by Crippen LogP contribution is 2.57. The number of hydrogen-bond donors (Lipinski definition) is 0. The highest BCUT2D eigenvalue weighted by molar-refractivity contribution is 7.26. The Morgan fingerprint density at radius 2 is 0.886 bits per heavy atom. The molecule has 0 N–H and O–H groups in total. The van der Waals surface area contributed by atoms with Gasteiger partial charge in [-0.3, -0.25) is 0 Å². The fourth-order valence-corrected chi connectivity index (χ4v) is 12.6. The molecule has 2 aromatic heterocycles. The molecule has 70 heavy (non-hydrogen) atoms. The molecular weight excluding hydrogens is 867 g/mol. The Balaban J connectivity index is 0.916. The molecule has 0 radical (unpaired) electrons. The number of benzene rings is 11. The number of anilines is 3. The second kappa shape index (κ2) is 16.2. The van der Waals surface area contributed by atoms with Gasteiger partial charge in [-0.25, -0.2) is 0 Å². The third-order valence-electron chi connectivity index (χ3n) is 14.6. The zero-order chi connectivity index (χ0) is 46.2. The first-order valence-electron chi connectivity index (χ1n) is 24.0. The van der Waals surface area contributed by atoms with Crippen molar-refractivity contribution >= 4 is 70.5 Å². The fourth-order valence-electron chi connectivity index (χ4n) is 11.4. The first-order valence-corrected chi connectivity index (χ1v) is 24.8. The molecule has 0 fully saturated rings. The van der Waals surface area contributed by atoms with Crippen LogP contribution in [0.4, 0.5) is 17.1 Å². The lowest BCUT2D eigenvalue weighted by Gasteiger charge is -2.34. The number of nitrogens with zero attached hydrogens (tertiary/aromatic N) is 1. The molecule has 3 heteroatoms. The summed E-state index contributed by atoms with van der Waals surface area (Å²) in [6, 6.07) is 95.6. The van der Waals surface area contributed by atoms with Gasteiger partial charge in [-0.05, 0) is 133 Å². The van der Waals surface area contributed by atoms with Crippen molar-refractivity contribution in [3.8, 4) is 44.5 Å². The maximum absolute atomic E-state index is 6.24. The monoisotopic (exact) mass is 909 g/mol. The lowest BCUT2D eigenvalue weighted by atomic mass is 9.68. The van der Waals surface area contributed by atoms with Crippen LogP contribution in [0, 0.1) is 0 Å². The number of furan rings is 1. The van der Waals surface area contributed by atoms with E-state index in [2.05, 4.69) is 254 Å². The Labute approximate surface area is 410 Å². The van der Waals surface area contributed by atoms with E-state index in [-0.39, 0.29) is 0 Å². The van der Waals surface area contributed by atoms with E-state index < -0.39 is 5.41 Å². The Kier molecular flexibility index (Phi) is 9.33. The van der Waals surface area contributed by atoms with E-state index in [0.717, 1.165) is 50.1 Å². The summed E-state index contributed by atoms with van der Waals surface area (Å²) in [6.45, 7) is 0. The Bertz CT molecular complexity index is 4090. The molecular formula is C67H43NOS. The van der Waals surface area contributed by atoms with Gasteiger partial charge in [-0.1, -0.05) is 194 Å². The van der Waals surface area contributed by atoms with Crippen molar-refractivity contribution in [3.63, 3.8) is 0 Å². The van der Waals surface area contributed by atoms with Crippen LogP contribution in [0.25, 0.3) is 86.6 Å². The van der Waals surface area contributed by atoms with Gasteiger partial charge >= 0.3 is 0 Å². The molecule has 328 valence electrons. The van der Waals surface area contributed by atoms with Crippen LogP contribution in [0.3, 0.4) is 0 Å². The first-order chi connectivity index (χ1) is 34.7. The van der Waals surface area contributed by atoms with Gasteiger partial charge in [0.25, 0.3) is 0 Å². The molecule has 0 atom stereocenters. The van der Waals surface area contributed by atoms with E-state index in [1.54, 1.807) is 0 Å². The van der Waals surface area contributed by atoms with Crippen LogP contribution in [-0.4, -0.2) is 0 Å². The first kappa shape index (κ1) is 40.3. The van der Waals surface area contributed by atoms with Gasteiger partial charge in [0.2, 0.25) is 0 Å². The van der Waals surface area contributed by atoms with Crippen molar-refractivity contribution in [1.82, 2.24) is 0 Å². The van der Waals surface area contributed by atoms with Crippen LogP contribution < -0.4 is 4.90 Å². The predicted molar refractivity (Wildman–Crippen MR) is 295 cm³/mol. The minimum absolute atomic E-state index is 0.480. The van der Waals surface area contributed by atoms with Crippen molar-refractivity contribution in [1.29, 1.82) is 0 Å². The quantitative estimate of drug-likeness (QED) is 0.151. The third kappa shape index (κ3) is 6.32. The van der Waals surface area contributed by atoms with E-state index in [1.807, 2.05) is 23.5 Å². The summed E-state index contributed by atoms with van der Waals surface area (Å²) in [5.41, 5.74) is 19.3. The largest absolute Gasteiger partial charge is 0.456 e. The molecule has 1 aliphatic rings. The van der Waals surface area contributed by atoms with E-state index >= 15 is 0 Å². The molecule has 14 rings (SSSR count). The lowest BCUT2D eigenvalue weighted by Crippen LogP contribution is -2.28. The van der Waals surface area contributed by atoms with Crippen LogP contribution >= 0.6 is 11.3 Å². The number of para-hydroxylation sites is 1.